The Bertz CT molecular complexity index is 441. The highest BCUT2D eigenvalue weighted by molar-refractivity contribution is 5.62. The van der Waals surface area contributed by atoms with E-state index in [2.05, 4.69) is 10.1 Å². The largest absolute Gasteiger partial charge is 0.394 e. The zero-order chi connectivity index (χ0) is 7.84. The first kappa shape index (κ1) is 5.96. The number of aromatic amines is 1. The number of nitrogen functional groups attached to an aromatic ring is 1. The number of hydrogen-bond acceptors (Lipinski definition) is 3. The van der Waals surface area contributed by atoms with Crippen LogP contribution in [0.15, 0.2) is 23.3 Å². The molecule has 56 valence electrons. The molecule has 2 heterocycles. The van der Waals surface area contributed by atoms with Crippen LogP contribution in [-0.2, 0) is 0 Å². The molecule has 2 aromatic heterocycles. The second-order valence-electron chi connectivity index (χ2n) is 2.17. The lowest BCUT2D eigenvalue weighted by molar-refractivity contribution is 0.899. The third-order valence-corrected chi connectivity index (χ3v) is 1.45. The minimum absolute atomic E-state index is 0.160. The summed E-state index contributed by atoms with van der Waals surface area (Å²) in [6.45, 7) is 0. The topological polar surface area (TPSA) is 76.2 Å². The molecule has 0 radical (unpaired) electrons. The second-order valence-corrected chi connectivity index (χ2v) is 2.17. The van der Waals surface area contributed by atoms with Gasteiger partial charge in [-0.25, -0.2) is 4.98 Å². The van der Waals surface area contributed by atoms with Gasteiger partial charge >= 0.3 is 0 Å². The Balaban J connectivity index is 3.06. The van der Waals surface area contributed by atoms with Gasteiger partial charge in [0, 0.05) is 18.5 Å². The molecule has 3 N–H and O–H groups in total. The molecule has 0 saturated heterocycles. The minimum Gasteiger partial charge on any atom is -0.394 e. The molecule has 5 heteroatoms. The zero-order valence-electron chi connectivity index (χ0n) is 5.61. The van der Waals surface area contributed by atoms with E-state index in [1.165, 1.54) is 23.0 Å². The van der Waals surface area contributed by atoms with Crippen molar-refractivity contribution in [3.05, 3.63) is 28.8 Å². The molecule has 0 fully saturated rings. The number of fused-ring (bicyclic) bond motifs is 1. The Morgan fingerprint density at radius 3 is 3.18 bits per heavy atom. The average Bonchev–Trinajstić information content (AvgIpc) is 2.35. The molecule has 2 rings (SSSR count). The summed E-state index contributed by atoms with van der Waals surface area (Å²) in [6.07, 6.45) is 2.96. The van der Waals surface area contributed by atoms with Crippen LogP contribution < -0.4 is 11.3 Å². The molecule has 5 nitrogen and oxygen atoms in total. The molecule has 0 unspecified atom stereocenters. The summed E-state index contributed by atoms with van der Waals surface area (Å²) in [5.41, 5.74) is 6.28. The van der Waals surface area contributed by atoms with E-state index < -0.39 is 0 Å². The van der Waals surface area contributed by atoms with Crippen LogP contribution in [-0.4, -0.2) is 14.6 Å². The molecule has 11 heavy (non-hydrogen) atoms. The summed E-state index contributed by atoms with van der Waals surface area (Å²) >= 11 is 0. The summed E-state index contributed by atoms with van der Waals surface area (Å²) in [6, 6.07) is 1.36. The van der Waals surface area contributed by atoms with Crippen LogP contribution in [0.25, 0.3) is 5.65 Å². The highest BCUT2D eigenvalue weighted by Gasteiger charge is 1.99. The Morgan fingerprint density at radius 1 is 1.64 bits per heavy atom. The van der Waals surface area contributed by atoms with E-state index in [-0.39, 0.29) is 5.56 Å². The summed E-state index contributed by atoms with van der Waals surface area (Å²) in [5, 5.41) is 2.67. The maximum Gasteiger partial charge on any atom is 0.272 e. The highest BCUT2D eigenvalue weighted by atomic mass is 16.1. The highest BCUT2D eigenvalue weighted by Crippen LogP contribution is 2.04. The number of nitrogens with two attached hydrogens (primary N) is 1. The fourth-order valence-electron chi connectivity index (χ4n) is 0.935. The van der Waals surface area contributed by atoms with Crippen LogP contribution in [0.2, 0.25) is 0 Å². The molecule has 0 aliphatic carbocycles. The van der Waals surface area contributed by atoms with Crippen molar-refractivity contribution in [2.24, 2.45) is 0 Å². The van der Waals surface area contributed by atoms with Gasteiger partial charge in [-0.3, -0.25) is 9.89 Å². The van der Waals surface area contributed by atoms with Gasteiger partial charge in [0.15, 0.2) is 5.65 Å². The van der Waals surface area contributed by atoms with Crippen LogP contribution in [0.4, 0.5) is 5.69 Å². The normalized spacial score (nSPS) is 10.5. The fraction of sp³-hybridized carbons (Fsp3) is 0. The molecule has 0 aliphatic rings. The van der Waals surface area contributed by atoms with Crippen molar-refractivity contribution in [1.82, 2.24) is 14.6 Å². The molecule has 0 saturated carbocycles. The van der Waals surface area contributed by atoms with Crippen LogP contribution in [0.3, 0.4) is 0 Å². The Labute approximate surface area is 61.5 Å². The van der Waals surface area contributed by atoms with Gasteiger partial charge in [-0.2, -0.15) is 4.52 Å². The van der Waals surface area contributed by atoms with Crippen molar-refractivity contribution in [1.29, 1.82) is 0 Å². The monoisotopic (exact) mass is 150 g/mol. The number of rotatable bonds is 0. The predicted octanol–water partition coefficient (Wildman–Crippen LogP) is -0.395. The molecule has 0 amide bonds. The van der Waals surface area contributed by atoms with Gasteiger partial charge in [-0.05, 0) is 0 Å². The van der Waals surface area contributed by atoms with Crippen molar-refractivity contribution in [3.8, 4) is 0 Å². The zero-order valence-corrected chi connectivity index (χ0v) is 5.61. The van der Waals surface area contributed by atoms with Gasteiger partial charge < -0.3 is 5.73 Å². The first-order valence-corrected chi connectivity index (χ1v) is 3.09. The van der Waals surface area contributed by atoms with E-state index in [1.807, 2.05) is 0 Å². The summed E-state index contributed by atoms with van der Waals surface area (Å²) < 4.78 is 1.29. The summed E-state index contributed by atoms with van der Waals surface area (Å²) in [7, 11) is 0. The van der Waals surface area contributed by atoms with Crippen LogP contribution >= 0.6 is 0 Å². The first-order valence-electron chi connectivity index (χ1n) is 3.09. The van der Waals surface area contributed by atoms with Crippen molar-refractivity contribution in [2.45, 2.75) is 0 Å². The first-order chi connectivity index (χ1) is 5.29. The third kappa shape index (κ3) is 0.706. The van der Waals surface area contributed by atoms with E-state index in [1.54, 1.807) is 0 Å². The number of nitrogens with zero attached hydrogens (tertiary/aromatic N) is 2. The lowest BCUT2D eigenvalue weighted by atomic mass is 10.5. The number of H-pyrrole nitrogens is 1. The van der Waals surface area contributed by atoms with Crippen molar-refractivity contribution < 1.29 is 0 Å². The van der Waals surface area contributed by atoms with Gasteiger partial charge in [0.2, 0.25) is 0 Å². The molecule has 0 bridgehead atoms. The Morgan fingerprint density at radius 2 is 2.45 bits per heavy atom. The van der Waals surface area contributed by atoms with E-state index in [9.17, 15) is 4.79 Å². The van der Waals surface area contributed by atoms with Crippen LogP contribution in [0, 0.1) is 0 Å². The van der Waals surface area contributed by atoms with E-state index in [0.717, 1.165) is 0 Å². The second kappa shape index (κ2) is 1.85. The number of hydrogen-bond donors (Lipinski definition) is 2. The Kier molecular flexibility index (Phi) is 1.00. The standard InChI is InChI=1S/C6H6N4O/c7-4-3-9-10-5(11)1-2-8-6(4)10/h1-3,9H,7H2. The number of anilines is 1. The van der Waals surface area contributed by atoms with Gasteiger partial charge in [-0.1, -0.05) is 0 Å². The Hall–Kier alpha value is -1.78. The van der Waals surface area contributed by atoms with Crippen molar-refractivity contribution in [3.63, 3.8) is 0 Å². The summed E-state index contributed by atoms with van der Waals surface area (Å²) in [4.78, 5) is 14.9. The molecular formula is C6H6N4O. The minimum atomic E-state index is -0.160. The molecule has 0 spiro atoms. The molecular weight excluding hydrogens is 144 g/mol. The SMILES string of the molecule is Nc1c[nH]n2c(=O)ccnc12. The van der Waals surface area contributed by atoms with Gasteiger partial charge in [0.1, 0.15) is 0 Å². The van der Waals surface area contributed by atoms with Crippen LogP contribution in [0.1, 0.15) is 0 Å². The quantitative estimate of drug-likeness (QED) is 0.536. The number of aromatic nitrogens is 3. The van der Waals surface area contributed by atoms with Crippen LogP contribution in [0.5, 0.6) is 0 Å². The van der Waals surface area contributed by atoms with E-state index in [4.69, 9.17) is 5.73 Å². The summed E-state index contributed by atoms with van der Waals surface area (Å²) in [5.74, 6) is 0. The lowest BCUT2D eigenvalue weighted by Gasteiger charge is -1.88. The fourth-order valence-corrected chi connectivity index (χ4v) is 0.935. The molecule has 0 aliphatic heterocycles. The van der Waals surface area contributed by atoms with Gasteiger partial charge in [0.05, 0.1) is 5.69 Å². The van der Waals surface area contributed by atoms with E-state index >= 15 is 0 Å². The average molecular weight is 150 g/mol. The molecule has 0 atom stereocenters. The third-order valence-electron chi connectivity index (χ3n) is 1.45. The maximum absolute atomic E-state index is 11.0. The van der Waals surface area contributed by atoms with E-state index in [0.29, 0.717) is 11.3 Å². The smallest absolute Gasteiger partial charge is 0.272 e. The lowest BCUT2D eigenvalue weighted by Crippen LogP contribution is -2.12. The molecule has 0 aromatic carbocycles. The van der Waals surface area contributed by atoms with Crippen molar-refractivity contribution >= 4 is 11.3 Å². The predicted molar refractivity (Wildman–Crippen MR) is 40.2 cm³/mol. The van der Waals surface area contributed by atoms with Gasteiger partial charge in [0.25, 0.3) is 5.56 Å². The maximum atomic E-state index is 11.0. The molecule has 2 aromatic rings. The van der Waals surface area contributed by atoms with Gasteiger partial charge in [-0.15, -0.1) is 0 Å². The van der Waals surface area contributed by atoms with Crippen molar-refractivity contribution in [2.75, 3.05) is 5.73 Å². The number of nitrogens with one attached hydrogen (secondary N) is 1.